The van der Waals surface area contributed by atoms with E-state index in [1.165, 1.54) is 49.7 Å². The van der Waals surface area contributed by atoms with Crippen molar-refractivity contribution in [2.75, 3.05) is 0 Å². The number of rotatable bonds is 1. The molecule has 2 saturated carbocycles. The van der Waals surface area contributed by atoms with Crippen LogP contribution in [0.3, 0.4) is 0 Å². The molecule has 0 aliphatic heterocycles. The van der Waals surface area contributed by atoms with Crippen molar-refractivity contribution in [1.82, 2.24) is 0 Å². The Labute approximate surface area is 141 Å². The van der Waals surface area contributed by atoms with Crippen LogP contribution in [0.2, 0.25) is 0 Å². The lowest BCUT2D eigenvalue weighted by molar-refractivity contribution is -0.145. The molecule has 0 spiro atoms. The van der Waals surface area contributed by atoms with E-state index in [1.807, 2.05) is 0 Å². The summed E-state index contributed by atoms with van der Waals surface area (Å²) < 4.78 is 0. The van der Waals surface area contributed by atoms with E-state index < -0.39 is 5.97 Å². The fourth-order valence-electron chi connectivity index (χ4n) is 6.27. The predicted molar refractivity (Wildman–Crippen MR) is 94.2 cm³/mol. The summed E-state index contributed by atoms with van der Waals surface area (Å²) in [6.45, 7) is 4.80. The maximum atomic E-state index is 12.0. The Morgan fingerprint density at radius 1 is 1.22 bits per heavy atom. The van der Waals surface area contributed by atoms with Gasteiger partial charge in [0.05, 0.1) is 5.92 Å². The van der Waals surface area contributed by atoms with Gasteiger partial charge in [-0.15, -0.1) is 0 Å². The third kappa shape index (κ3) is 2.24. The second kappa shape index (κ2) is 5.50. The summed E-state index contributed by atoms with van der Waals surface area (Å²) >= 11 is 0. The second-order valence-corrected chi connectivity index (χ2v) is 8.64. The van der Waals surface area contributed by atoms with Crippen LogP contribution in [0, 0.1) is 28.6 Å². The molecule has 0 radical (unpaired) electrons. The number of hydrogen-bond donors (Lipinski definition) is 1. The maximum Gasteiger partial charge on any atom is 0.307 e. The standard InChI is InChI=1S/C20H28O2.CH4/c1-19-9-5-7-15(19)17-14(18(21)22)12-13-6-3-4-10-20(13,2)16(17)8-11-19;/h6,8,14-15,17H,3-5,7,9-12H2,1-2H3,(H,21,22);1H4/t14?,15-,17-,19-,20-;/m0./s1. The molecule has 4 rings (SSSR count). The predicted octanol–water partition coefficient (Wildman–Crippen LogP) is 5.60. The lowest BCUT2D eigenvalue weighted by Crippen LogP contribution is -2.48. The molecular formula is C21H32O2. The quantitative estimate of drug-likeness (QED) is 0.640. The zero-order valence-electron chi connectivity index (χ0n) is 13.9. The van der Waals surface area contributed by atoms with Gasteiger partial charge >= 0.3 is 5.97 Å². The van der Waals surface area contributed by atoms with Crippen LogP contribution in [0.5, 0.6) is 0 Å². The van der Waals surface area contributed by atoms with E-state index in [0.29, 0.717) is 17.3 Å². The molecule has 128 valence electrons. The fraction of sp³-hybridized carbons (Fsp3) is 0.762. The maximum absolute atomic E-state index is 12.0. The van der Waals surface area contributed by atoms with Crippen molar-refractivity contribution in [2.24, 2.45) is 28.6 Å². The molecule has 5 atom stereocenters. The molecule has 4 aliphatic rings. The average Bonchev–Trinajstić information content (AvgIpc) is 2.87. The molecule has 0 saturated heterocycles. The molecule has 0 heterocycles. The highest BCUT2D eigenvalue weighted by atomic mass is 16.4. The van der Waals surface area contributed by atoms with E-state index in [-0.39, 0.29) is 18.8 Å². The number of carbonyl (C=O) groups is 1. The van der Waals surface area contributed by atoms with Crippen LogP contribution in [-0.4, -0.2) is 11.1 Å². The van der Waals surface area contributed by atoms with Crippen LogP contribution in [0.15, 0.2) is 23.3 Å². The second-order valence-electron chi connectivity index (χ2n) is 8.64. The van der Waals surface area contributed by atoms with Crippen LogP contribution in [0.1, 0.15) is 72.6 Å². The summed E-state index contributed by atoms with van der Waals surface area (Å²) in [4.78, 5) is 12.0. The Balaban J connectivity index is 0.00000156. The van der Waals surface area contributed by atoms with Crippen molar-refractivity contribution in [3.63, 3.8) is 0 Å². The Morgan fingerprint density at radius 2 is 2.00 bits per heavy atom. The molecule has 2 fully saturated rings. The monoisotopic (exact) mass is 316 g/mol. The molecule has 0 bridgehead atoms. The SMILES string of the molecule is C.C[C@]12CCCC=C1CC(C(=O)O)[C@@H]1C2=CC[C@]2(C)CCC[C@@H]12. The number of carboxylic acid groups (broad SMARTS) is 1. The topological polar surface area (TPSA) is 37.3 Å². The molecule has 0 amide bonds. The molecule has 2 nitrogen and oxygen atoms in total. The van der Waals surface area contributed by atoms with Crippen molar-refractivity contribution in [2.45, 2.75) is 72.6 Å². The Kier molecular flexibility index (Phi) is 4.01. The van der Waals surface area contributed by atoms with Gasteiger partial charge in [-0.05, 0) is 62.2 Å². The van der Waals surface area contributed by atoms with Gasteiger partial charge in [0.2, 0.25) is 0 Å². The van der Waals surface area contributed by atoms with E-state index >= 15 is 0 Å². The van der Waals surface area contributed by atoms with Crippen LogP contribution >= 0.6 is 0 Å². The first kappa shape index (κ1) is 16.8. The average molecular weight is 316 g/mol. The molecule has 1 unspecified atom stereocenters. The van der Waals surface area contributed by atoms with Crippen molar-refractivity contribution >= 4 is 5.97 Å². The van der Waals surface area contributed by atoms with Crippen LogP contribution in [0.25, 0.3) is 0 Å². The van der Waals surface area contributed by atoms with Crippen LogP contribution < -0.4 is 0 Å². The van der Waals surface area contributed by atoms with Gasteiger partial charge in [-0.3, -0.25) is 4.79 Å². The summed E-state index contributed by atoms with van der Waals surface area (Å²) in [5.41, 5.74) is 3.45. The van der Waals surface area contributed by atoms with Gasteiger partial charge in [-0.25, -0.2) is 0 Å². The third-order valence-corrected chi connectivity index (χ3v) is 7.55. The first-order valence-electron chi connectivity index (χ1n) is 9.08. The van der Waals surface area contributed by atoms with Crippen molar-refractivity contribution in [3.8, 4) is 0 Å². The number of aliphatic carboxylic acids is 1. The van der Waals surface area contributed by atoms with E-state index in [0.717, 1.165) is 12.8 Å². The molecule has 4 aliphatic carbocycles. The smallest absolute Gasteiger partial charge is 0.307 e. The minimum Gasteiger partial charge on any atom is -0.481 e. The van der Waals surface area contributed by atoms with E-state index in [4.69, 9.17) is 0 Å². The largest absolute Gasteiger partial charge is 0.481 e. The Bertz CT molecular complexity index is 572. The Hall–Kier alpha value is -1.05. The zero-order valence-corrected chi connectivity index (χ0v) is 13.9. The number of fused-ring (bicyclic) bond motifs is 5. The summed E-state index contributed by atoms with van der Waals surface area (Å²) in [5.74, 6) is 0.125. The number of carboxylic acids is 1. The number of allylic oxidation sites excluding steroid dienone is 4. The van der Waals surface area contributed by atoms with Crippen LogP contribution in [-0.2, 0) is 4.79 Å². The first-order valence-corrected chi connectivity index (χ1v) is 9.08. The van der Waals surface area contributed by atoms with E-state index in [9.17, 15) is 9.90 Å². The third-order valence-electron chi connectivity index (χ3n) is 7.55. The van der Waals surface area contributed by atoms with Gasteiger partial charge in [-0.2, -0.15) is 0 Å². The molecule has 0 aromatic carbocycles. The fourth-order valence-corrected chi connectivity index (χ4v) is 6.27. The van der Waals surface area contributed by atoms with Gasteiger partial charge in [0.1, 0.15) is 0 Å². The van der Waals surface area contributed by atoms with Crippen molar-refractivity contribution < 1.29 is 9.90 Å². The number of hydrogen-bond acceptors (Lipinski definition) is 1. The van der Waals surface area contributed by atoms with Crippen molar-refractivity contribution in [1.29, 1.82) is 0 Å². The molecule has 0 aromatic rings. The molecule has 2 heteroatoms. The summed E-state index contributed by atoms with van der Waals surface area (Å²) in [6, 6.07) is 0. The lowest BCUT2D eigenvalue weighted by atomic mass is 9.49. The molecular weight excluding hydrogens is 284 g/mol. The summed E-state index contributed by atoms with van der Waals surface area (Å²) in [6.07, 6.45) is 14.2. The van der Waals surface area contributed by atoms with Gasteiger partial charge in [0.15, 0.2) is 0 Å². The minimum absolute atomic E-state index is 0. The van der Waals surface area contributed by atoms with Crippen molar-refractivity contribution in [3.05, 3.63) is 23.3 Å². The Morgan fingerprint density at radius 3 is 2.74 bits per heavy atom. The van der Waals surface area contributed by atoms with Crippen LogP contribution in [0.4, 0.5) is 0 Å². The van der Waals surface area contributed by atoms with Gasteiger partial charge < -0.3 is 5.11 Å². The molecule has 23 heavy (non-hydrogen) atoms. The van der Waals surface area contributed by atoms with Gasteiger partial charge in [-0.1, -0.05) is 51.0 Å². The van der Waals surface area contributed by atoms with Gasteiger partial charge in [0.25, 0.3) is 0 Å². The zero-order chi connectivity index (χ0) is 15.5. The highest BCUT2D eigenvalue weighted by Crippen LogP contribution is 2.64. The summed E-state index contributed by atoms with van der Waals surface area (Å²) in [7, 11) is 0. The normalized spacial score (nSPS) is 44.9. The van der Waals surface area contributed by atoms with E-state index in [2.05, 4.69) is 26.0 Å². The molecule has 1 N–H and O–H groups in total. The van der Waals surface area contributed by atoms with Gasteiger partial charge in [0, 0.05) is 5.41 Å². The summed E-state index contributed by atoms with van der Waals surface area (Å²) in [5, 5.41) is 9.90. The molecule has 0 aromatic heterocycles. The first-order chi connectivity index (χ1) is 10.5. The highest BCUT2D eigenvalue weighted by molar-refractivity contribution is 5.73. The minimum atomic E-state index is -0.569. The lowest BCUT2D eigenvalue weighted by Gasteiger charge is -2.54. The highest BCUT2D eigenvalue weighted by Gasteiger charge is 2.56. The van der Waals surface area contributed by atoms with E-state index in [1.54, 1.807) is 0 Å².